The molecule has 0 aliphatic carbocycles. The molecular formula is C4H6N6O3S. The van der Waals surface area contributed by atoms with E-state index in [2.05, 4.69) is 24.8 Å². The number of rotatable bonds is 2. The van der Waals surface area contributed by atoms with Gasteiger partial charge in [0, 0.05) is 22.2 Å². The van der Waals surface area contributed by atoms with Gasteiger partial charge in [-0.3, -0.25) is 0 Å². The summed E-state index contributed by atoms with van der Waals surface area (Å²) in [6, 6.07) is 0. The van der Waals surface area contributed by atoms with Crippen molar-refractivity contribution in [1.82, 2.24) is 20.4 Å². The highest BCUT2D eigenvalue weighted by Crippen LogP contribution is 2.04. The summed E-state index contributed by atoms with van der Waals surface area (Å²) in [4.78, 5) is 9.28. The fourth-order valence-electron chi connectivity index (χ4n) is 0.525. The van der Waals surface area contributed by atoms with Crippen molar-refractivity contribution in [3.05, 3.63) is 10.1 Å². The molecule has 0 aromatic carbocycles. The molecule has 0 spiro atoms. The average molecular weight is 218 g/mol. The van der Waals surface area contributed by atoms with Gasteiger partial charge in [-0.15, -0.1) is 0 Å². The molecule has 1 heterocycles. The second-order valence-corrected chi connectivity index (χ2v) is 5.07. The van der Waals surface area contributed by atoms with Gasteiger partial charge in [0.15, 0.2) is 0 Å². The second kappa shape index (κ2) is 3.57. The Kier molecular flexibility index (Phi) is 2.65. The molecular weight excluding hydrogens is 212 g/mol. The second-order valence-electron chi connectivity index (χ2n) is 2.53. The Bertz CT molecular complexity index is 452. The summed E-state index contributed by atoms with van der Waals surface area (Å²) >= 11 is 0. The maximum absolute atomic E-state index is 11.1. The first-order chi connectivity index (χ1) is 6.38. The van der Waals surface area contributed by atoms with Gasteiger partial charge in [-0.25, -0.2) is 4.21 Å². The zero-order valence-corrected chi connectivity index (χ0v) is 8.13. The van der Waals surface area contributed by atoms with Crippen LogP contribution >= 0.6 is 0 Å². The van der Waals surface area contributed by atoms with Crippen LogP contribution in [0.25, 0.3) is 0 Å². The van der Waals surface area contributed by atoms with Gasteiger partial charge in [-0.1, -0.05) is 0 Å². The third-order valence-electron chi connectivity index (χ3n) is 0.923. The molecule has 0 aliphatic heterocycles. The quantitative estimate of drug-likeness (QED) is 0.485. The summed E-state index contributed by atoms with van der Waals surface area (Å²) in [5.74, 6) is -0.951. The van der Waals surface area contributed by atoms with E-state index in [1.54, 1.807) is 0 Å². The molecule has 0 bridgehead atoms. The van der Waals surface area contributed by atoms with E-state index < -0.39 is 20.6 Å². The molecule has 0 amide bonds. The van der Waals surface area contributed by atoms with Gasteiger partial charge in [0.1, 0.15) is 0 Å². The molecule has 0 fully saturated rings. The molecule has 0 saturated carbocycles. The van der Waals surface area contributed by atoms with E-state index in [0.29, 0.717) is 0 Å². The van der Waals surface area contributed by atoms with Gasteiger partial charge in [-0.2, -0.15) is 4.36 Å². The van der Waals surface area contributed by atoms with Gasteiger partial charge in [-0.05, 0) is 15.1 Å². The van der Waals surface area contributed by atoms with E-state index in [0.717, 1.165) is 0 Å². The standard InChI is InChI=1S/C4H6N6O3S/c1-14(2,13)9-3-5-7-4(8-6-3)10(11)12/h1-2H3. The zero-order chi connectivity index (χ0) is 10.8. The van der Waals surface area contributed by atoms with Crippen molar-refractivity contribution in [3.63, 3.8) is 0 Å². The Morgan fingerprint density at radius 2 is 1.79 bits per heavy atom. The molecule has 0 unspecified atom stereocenters. The first-order valence-electron chi connectivity index (χ1n) is 3.27. The lowest BCUT2D eigenvalue weighted by atomic mass is 11.0. The van der Waals surface area contributed by atoms with Crippen molar-refractivity contribution in [2.45, 2.75) is 0 Å². The molecule has 14 heavy (non-hydrogen) atoms. The van der Waals surface area contributed by atoms with Crippen molar-refractivity contribution >= 4 is 21.6 Å². The summed E-state index contributed by atoms with van der Waals surface area (Å²) in [5.41, 5.74) is 0. The van der Waals surface area contributed by atoms with E-state index in [1.165, 1.54) is 12.5 Å². The van der Waals surface area contributed by atoms with Gasteiger partial charge >= 0.3 is 11.9 Å². The number of nitrogens with zero attached hydrogens (tertiary/aromatic N) is 6. The third kappa shape index (κ3) is 2.97. The molecule has 0 radical (unpaired) electrons. The van der Waals surface area contributed by atoms with E-state index in [1.807, 2.05) is 0 Å². The summed E-state index contributed by atoms with van der Waals surface area (Å²) in [5, 5.41) is 22.9. The predicted octanol–water partition coefficient (Wildman–Crippen LogP) is -0.466. The Balaban J connectivity index is 3.07. The number of nitro groups is 1. The molecule has 1 rings (SSSR count). The molecule has 0 atom stereocenters. The highest BCUT2D eigenvalue weighted by atomic mass is 32.2. The van der Waals surface area contributed by atoms with Crippen LogP contribution in [0.2, 0.25) is 0 Å². The largest absolute Gasteiger partial charge is 0.513 e. The fourth-order valence-corrected chi connectivity index (χ4v) is 0.991. The molecule has 0 aliphatic rings. The summed E-state index contributed by atoms with van der Waals surface area (Å²) in [6.07, 6.45) is 2.75. The third-order valence-corrected chi connectivity index (χ3v) is 1.53. The van der Waals surface area contributed by atoms with Crippen LogP contribution in [0.1, 0.15) is 0 Å². The zero-order valence-electron chi connectivity index (χ0n) is 7.32. The van der Waals surface area contributed by atoms with E-state index in [9.17, 15) is 14.3 Å². The molecule has 76 valence electrons. The SMILES string of the molecule is CS(C)(=O)=Nc1nnc([N+](=O)[O-])nn1. The lowest BCUT2D eigenvalue weighted by Crippen LogP contribution is -2.01. The van der Waals surface area contributed by atoms with E-state index >= 15 is 0 Å². The van der Waals surface area contributed by atoms with Crippen LogP contribution in [0.3, 0.4) is 0 Å². The Morgan fingerprint density at radius 1 is 1.29 bits per heavy atom. The van der Waals surface area contributed by atoms with Crippen molar-refractivity contribution in [1.29, 1.82) is 0 Å². The van der Waals surface area contributed by atoms with Crippen molar-refractivity contribution in [2.75, 3.05) is 12.5 Å². The Morgan fingerprint density at radius 3 is 2.14 bits per heavy atom. The Labute approximate surface area is 78.9 Å². The highest BCUT2D eigenvalue weighted by Gasteiger charge is 2.12. The van der Waals surface area contributed by atoms with Gasteiger partial charge in [0.2, 0.25) is 0 Å². The molecule has 1 aromatic heterocycles. The van der Waals surface area contributed by atoms with E-state index in [-0.39, 0.29) is 5.95 Å². The van der Waals surface area contributed by atoms with Crippen LogP contribution in [-0.4, -0.2) is 42.0 Å². The maximum Gasteiger partial charge on any atom is 0.513 e. The molecule has 0 N–H and O–H groups in total. The lowest BCUT2D eigenvalue weighted by molar-refractivity contribution is -0.395. The fraction of sp³-hybridized carbons (Fsp3) is 0.500. The molecule has 9 nitrogen and oxygen atoms in total. The minimum absolute atomic E-state index is 0.231. The minimum Gasteiger partial charge on any atom is -0.390 e. The topological polar surface area (TPSA) is 124 Å². The average Bonchev–Trinajstić information content (AvgIpc) is 2.02. The van der Waals surface area contributed by atoms with Crippen LogP contribution in [0.15, 0.2) is 4.36 Å². The van der Waals surface area contributed by atoms with Crippen LogP contribution in [-0.2, 0) is 9.73 Å². The number of hydrogen-bond acceptors (Lipinski definition) is 8. The van der Waals surface area contributed by atoms with Crippen molar-refractivity contribution in [3.8, 4) is 0 Å². The maximum atomic E-state index is 11.1. The summed E-state index contributed by atoms with van der Waals surface area (Å²) in [7, 11) is -2.41. The smallest absolute Gasteiger partial charge is 0.390 e. The first kappa shape index (κ1) is 10.4. The molecule has 10 heteroatoms. The van der Waals surface area contributed by atoms with Crippen LogP contribution in [0.4, 0.5) is 11.9 Å². The molecule has 1 aromatic rings. The normalized spacial score (nSPS) is 11.0. The van der Waals surface area contributed by atoms with Gasteiger partial charge in [0.05, 0.1) is 10.2 Å². The van der Waals surface area contributed by atoms with Crippen molar-refractivity contribution < 1.29 is 9.13 Å². The highest BCUT2D eigenvalue weighted by molar-refractivity contribution is 7.92. The van der Waals surface area contributed by atoms with Gasteiger partial charge in [0.25, 0.3) is 0 Å². The minimum atomic E-state index is -2.41. The van der Waals surface area contributed by atoms with Crippen LogP contribution in [0, 0.1) is 10.1 Å². The predicted molar refractivity (Wildman–Crippen MR) is 46.4 cm³/mol. The summed E-state index contributed by atoms with van der Waals surface area (Å²) < 4.78 is 14.7. The van der Waals surface area contributed by atoms with Crippen LogP contribution < -0.4 is 0 Å². The number of hydrogen-bond donors (Lipinski definition) is 0. The summed E-state index contributed by atoms with van der Waals surface area (Å²) in [6.45, 7) is 0. The van der Waals surface area contributed by atoms with Crippen molar-refractivity contribution in [2.24, 2.45) is 4.36 Å². The molecule has 0 saturated heterocycles. The Hall–Kier alpha value is -1.71. The van der Waals surface area contributed by atoms with Gasteiger partial charge < -0.3 is 10.1 Å². The first-order valence-corrected chi connectivity index (χ1v) is 5.60. The lowest BCUT2D eigenvalue weighted by Gasteiger charge is -1.90. The van der Waals surface area contributed by atoms with Crippen LogP contribution in [0.5, 0.6) is 0 Å². The number of aromatic nitrogens is 4. The monoisotopic (exact) mass is 218 g/mol. The van der Waals surface area contributed by atoms with E-state index in [4.69, 9.17) is 0 Å².